The van der Waals surface area contributed by atoms with Gasteiger partial charge in [-0.25, -0.2) is 5.48 Å². The normalized spacial score (nSPS) is 17.4. The van der Waals surface area contributed by atoms with Crippen LogP contribution in [0.2, 0.25) is 0 Å². The lowest BCUT2D eigenvalue weighted by molar-refractivity contribution is 0.0706. The van der Waals surface area contributed by atoms with Crippen LogP contribution in [0.4, 0.5) is 0 Å². The van der Waals surface area contributed by atoms with Gasteiger partial charge >= 0.3 is 0 Å². The lowest BCUT2D eigenvalue weighted by atomic mass is 10.1. The van der Waals surface area contributed by atoms with Crippen molar-refractivity contribution >= 4 is 22.8 Å². The third-order valence-corrected chi connectivity index (χ3v) is 6.89. The van der Waals surface area contributed by atoms with E-state index in [-0.39, 0.29) is 17.8 Å². The standard InChI is InChI=1S/C28H33N3O6/c1-2-3-26(36-21-8-4-18(5-9-21)27(32)30-34)29-28(33)25-17-19-16-23(10-11-24(19)37-25)35-22-12-14-31(15-13-22)20-6-7-20/h4-5,8-11,16-17,20,22,26,34H,2-3,6-7,12-15H2,1H3,(H,29,33)(H,30,32). The number of nitrogens with zero attached hydrogens (tertiary/aromatic N) is 1. The van der Waals surface area contributed by atoms with Gasteiger partial charge in [-0.3, -0.25) is 14.8 Å². The summed E-state index contributed by atoms with van der Waals surface area (Å²) in [5.74, 6) is 0.492. The predicted molar refractivity (Wildman–Crippen MR) is 137 cm³/mol. The molecule has 2 aromatic carbocycles. The van der Waals surface area contributed by atoms with E-state index in [2.05, 4.69) is 10.2 Å². The molecule has 9 heteroatoms. The van der Waals surface area contributed by atoms with Crippen molar-refractivity contribution in [1.29, 1.82) is 0 Å². The van der Waals surface area contributed by atoms with Crippen molar-refractivity contribution in [3.05, 3.63) is 59.9 Å². The number of rotatable bonds is 10. The van der Waals surface area contributed by atoms with Crippen LogP contribution >= 0.6 is 0 Å². The summed E-state index contributed by atoms with van der Waals surface area (Å²) >= 11 is 0. The lowest BCUT2D eigenvalue weighted by Crippen LogP contribution is -2.39. The molecule has 1 aliphatic carbocycles. The van der Waals surface area contributed by atoms with Crippen molar-refractivity contribution in [1.82, 2.24) is 15.7 Å². The molecular weight excluding hydrogens is 474 g/mol. The quantitative estimate of drug-likeness (QED) is 0.210. The molecule has 5 rings (SSSR count). The van der Waals surface area contributed by atoms with Gasteiger partial charge in [0.2, 0.25) is 0 Å². The summed E-state index contributed by atoms with van der Waals surface area (Å²) in [6.07, 6.45) is 5.74. The first-order valence-electron chi connectivity index (χ1n) is 13.0. The van der Waals surface area contributed by atoms with Crippen LogP contribution in [0.25, 0.3) is 11.0 Å². The molecule has 1 atom stereocenters. The van der Waals surface area contributed by atoms with Crippen LogP contribution in [0, 0.1) is 0 Å². The van der Waals surface area contributed by atoms with E-state index in [1.54, 1.807) is 23.7 Å². The van der Waals surface area contributed by atoms with Crippen LogP contribution < -0.4 is 20.3 Å². The Balaban J connectivity index is 1.20. The Morgan fingerprint density at radius 2 is 1.76 bits per heavy atom. The summed E-state index contributed by atoms with van der Waals surface area (Å²) in [5, 5.41) is 12.4. The van der Waals surface area contributed by atoms with Crippen LogP contribution in [0.5, 0.6) is 11.5 Å². The van der Waals surface area contributed by atoms with Crippen molar-refractivity contribution < 1.29 is 28.7 Å². The Morgan fingerprint density at radius 1 is 1.03 bits per heavy atom. The number of carbonyl (C=O) groups is 2. The second-order valence-electron chi connectivity index (χ2n) is 9.73. The highest BCUT2D eigenvalue weighted by Gasteiger charge is 2.32. The molecule has 2 heterocycles. The highest BCUT2D eigenvalue weighted by molar-refractivity contribution is 5.96. The molecule has 196 valence electrons. The van der Waals surface area contributed by atoms with Crippen molar-refractivity contribution in [3.8, 4) is 11.5 Å². The van der Waals surface area contributed by atoms with E-state index in [0.717, 1.165) is 49.5 Å². The first-order valence-corrected chi connectivity index (χ1v) is 13.0. The summed E-state index contributed by atoms with van der Waals surface area (Å²) in [6, 6.07) is 14.5. The van der Waals surface area contributed by atoms with Crippen LogP contribution in [-0.2, 0) is 0 Å². The number of hydrogen-bond donors (Lipinski definition) is 3. The van der Waals surface area contributed by atoms with E-state index in [0.29, 0.717) is 23.3 Å². The molecule has 3 N–H and O–H groups in total. The van der Waals surface area contributed by atoms with Crippen LogP contribution in [0.3, 0.4) is 0 Å². The molecule has 2 aliphatic rings. The Hall–Kier alpha value is -3.56. The van der Waals surface area contributed by atoms with Crippen LogP contribution in [0.1, 0.15) is 66.4 Å². The molecule has 2 amide bonds. The summed E-state index contributed by atoms with van der Waals surface area (Å²) in [5.41, 5.74) is 2.50. The number of hydrogen-bond acceptors (Lipinski definition) is 7. The Labute approximate surface area is 215 Å². The maximum Gasteiger partial charge on any atom is 0.289 e. The Kier molecular flexibility index (Phi) is 7.62. The number of furan rings is 1. The molecular formula is C28H33N3O6. The molecule has 0 bridgehead atoms. The second-order valence-corrected chi connectivity index (χ2v) is 9.73. The lowest BCUT2D eigenvalue weighted by Gasteiger charge is -2.32. The zero-order valence-corrected chi connectivity index (χ0v) is 20.9. The molecule has 1 saturated heterocycles. The van der Waals surface area contributed by atoms with Crippen molar-refractivity contribution in [2.45, 2.75) is 63.8 Å². The molecule has 3 aromatic rings. The fourth-order valence-corrected chi connectivity index (χ4v) is 4.75. The summed E-state index contributed by atoms with van der Waals surface area (Å²) in [4.78, 5) is 27.0. The molecule has 0 radical (unpaired) electrons. The van der Waals surface area contributed by atoms with E-state index in [1.165, 1.54) is 25.0 Å². The number of amides is 2. The average molecular weight is 508 g/mol. The minimum Gasteiger partial charge on any atom is -0.490 e. The van der Waals surface area contributed by atoms with Gasteiger partial charge in [0.15, 0.2) is 12.0 Å². The van der Waals surface area contributed by atoms with Gasteiger partial charge in [-0.2, -0.15) is 0 Å². The van der Waals surface area contributed by atoms with E-state index < -0.39 is 12.1 Å². The molecule has 0 spiro atoms. The zero-order chi connectivity index (χ0) is 25.8. The van der Waals surface area contributed by atoms with Crippen LogP contribution in [0.15, 0.2) is 52.9 Å². The van der Waals surface area contributed by atoms with E-state index in [1.807, 2.05) is 25.1 Å². The first-order chi connectivity index (χ1) is 18.0. The van der Waals surface area contributed by atoms with E-state index >= 15 is 0 Å². The highest BCUT2D eigenvalue weighted by Crippen LogP contribution is 2.31. The third kappa shape index (κ3) is 6.23. The minimum atomic E-state index is -0.609. The van der Waals surface area contributed by atoms with Crippen molar-refractivity contribution in [2.75, 3.05) is 13.1 Å². The maximum atomic E-state index is 13.0. The molecule has 1 saturated carbocycles. The van der Waals surface area contributed by atoms with Gasteiger partial charge in [0.05, 0.1) is 0 Å². The largest absolute Gasteiger partial charge is 0.490 e. The molecule has 1 aromatic heterocycles. The van der Waals surface area contributed by atoms with Gasteiger partial charge in [0.25, 0.3) is 11.8 Å². The highest BCUT2D eigenvalue weighted by atomic mass is 16.5. The van der Waals surface area contributed by atoms with E-state index in [4.69, 9.17) is 19.1 Å². The van der Waals surface area contributed by atoms with Crippen molar-refractivity contribution in [3.63, 3.8) is 0 Å². The molecule has 37 heavy (non-hydrogen) atoms. The minimum absolute atomic E-state index is 0.199. The van der Waals surface area contributed by atoms with Gasteiger partial charge in [0, 0.05) is 36.5 Å². The Morgan fingerprint density at radius 3 is 2.43 bits per heavy atom. The van der Waals surface area contributed by atoms with Gasteiger partial charge in [-0.1, -0.05) is 13.3 Å². The maximum absolute atomic E-state index is 13.0. The van der Waals surface area contributed by atoms with Gasteiger partial charge < -0.3 is 24.1 Å². The smallest absolute Gasteiger partial charge is 0.289 e. The SMILES string of the molecule is CCCC(NC(=O)c1cc2cc(OC3CCN(C4CC4)CC3)ccc2o1)Oc1ccc(C(=O)NO)cc1. The van der Waals surface area contributed by atoms with Gasteiger partial charge in [-0.15, -0.1) is 0 Å². The molecule has 9 nitrogen and oxygen atoms in total. The monoisotopic (exact) mass is 507 g/mol. The number of piperidine rings is 1. The van der Waals surface area contributed by atoms with E-state index in [9.17, 15) is 9.59 Å². The third-order valence-electron chi connectivity index (χ3n) is 6.89. The second kappa shape index (κ2) is 11.2. The van der Waals surface area contributed by atoms with Crippen LogP contribution in [-0.4, -0.2) is 53.4 Å². The number of nitrogens with one attached hydrogen (secondary N) is 2. The molecule has 2 fully saturated rings. The number of hydroxylamine groups is 1. The summed E-state index contributed by atoms with van der Waals surface area (Å²) in [7, 11) is 0. The number of carbonyl (C=O) groups excluding carboxylic acids is 2. The number of fused-ring (bicyclic) bond motifs is 1. The number of benzene rings is 2. The first kappa shape index (κ1) is 25.1. The number of likely N-dealkylation sites (tertiary alicyclic amines) is 1. The molecule has 1 unspecified atom stereocenters. The summed E-state index contributed by atoms with van der Waals surface area (Å²) in [6.45, 7) is 4.18. The Bertz CT molecular complexity index is 1230. The fraction of sp³-hybridized carbons (Fsp3) is 0.429. The van der Waals surface area contributed by atoms with Crippen molar-refractivity contribution in [2.24, 2.45) is 0 Å². The zero-order valence-electron chi connectivity index (χ0n) is 20.9. The fourth-order valence-electron chi connectivity index (χ4n) is 4.75. The predicted octanol–water partition coefficient (Wildman–Crippen LogP) is 4.49. The number of ether oxygens (including phenoxy) is 2. The van der Waals surface area contributed by atoms with Gasteiger partial charge in [-0.05, 0) is 74.2 Å². The molecule has 1 aliphatic heterocycles. The topological polar surface area (TPSA) is 113 Å². The van der Waals surface area contributed by atoms with Gasteiger partial charge in [0.1, 0.15) is 23.2 Å². The summed E-state index contributed by atoms with van der Waals surface area (Å²) < 4.78 is 18.0. The average Bonchev–Trinajstić information content (AvgIpc) is 3.67.